The van der Waals surface area contributed by atoms with Crippen molar-refractivity contribution in [2.75, 3.05) is 13.2 Å². The van der Waals surface area contributed by atoms with Crippen LogP contribution in [0.4, 0.5) is 0 Å². The van der Waals surface area contributed by atoms with Crippen molar-refractivity contribution in [2.45, 2.75) is 26.1 Å². The number of esters is 1. The Labute approximate surface area is 112 Å². The second-order valence-corrected chi connectivity index (χ2v) is 6.77. The van der Waals surface area contributed by atoms with E-state index in [1.807, 2.05) is 0 Å². The number of hydrogen-bond acceptors (Lipinski definition) is 6. The Morgan fingerprint density at radius 2 is 2.11 bits per heavy atom. The summed E-state index contributed by atoms with van der Waals surface area (Å²) in [7, 11) is -3.67. The summed E-state index contributed by atoms with van der Waals surface area (Å²) in [6.45, 7) is 4.98. The van der Waals surface area contributed by atoms with Gasteiger partial charge in [0.15, 0.2) is 5.28 Å². The maximum atomic E-state index is 13.0. The Morgan fingerprint density at radius 1 is 1.42 bits per heavy atom. The highest BCUT2D eigenvalue weighted by Gasteiger charge is 2.52. The molecule has 1 rings (SSSR count). The Balaban J connectivity index is 3.27. The number of carbonyl (C=O) groups excluding carboxylic acids is 1. The fraction of sp³-hybridized carbons (Fsp3) is 0.500. The highest BCUT2D eigenvalue weighted by atomic mass is 31.2. The number of aromatic nitrogens is 1. The van der Waals surface area contributed by atoms with Gasteiger partial charge >= 0.3 is 5.97 Å². The lowest BCUT2D eigenvalue weighted by atomic mass is 10.3. The zero-order valence-electron chi connectivity index (χ0n) is 11.3. The minimum absolute atomic E-state index is 0.153. The van der Waals surface area contributed by atoms with Crippen molar-refractivity contribution in [1.82, 2.24) is 4.98 Å². The second-order valence-electron chi connectivity index (χ2n) is 4.03. The van der Waals surface area contributed by atoms with Crippen LogP contribution >= 0.6 is 7.37 Å². The first kappa shape index (κ1) is 15.8. The molecule has 0 bridgehead atoms. The molecule has 0 saturated carbocycles. The molecule has 0 aromatic carbocycles. The fourth-order valence-electron chi connectivity index (χ4n) is 1.55. The van der Waals surface area contributed by atoms with Crippen LogP contribution in [-0.2, 0) is 18.6 Å². The number of hydrogen-bond donors (Lipinski definition) is 1. The Morgan fingerprint density at radius 3 is 2.58 bits per heavy atom. The third-order valence-corrected chi connectivity index (χ3v) is 5.46. The van der Waals surface area contributed by atoms with Crippen molar-refractivity contribution in [2.24, 2.45) is 5.73 Å². The van der Waals surface area contributed by atoms with Crippen LogP contribution in [0.1, 0.15) is 20.8 Å². The van der Waals surface area contributed by atoms with E-state index in [2.05, 4.69) is 4.98 Å². The minimum atomic E-state index is -3.67. The molecule has 2 N–H and O–H groups in total. The monoisotopic (exact) mass is 286 g/mol. The molecule has 1 aromatic rings. The van der Waals surface area contributed by atoms with Gasteiger partial charge in [0.05, 0.1) is 13.2 Å². The van der Waals surface area contributed by atoms with E-state index in [4.69, 9.17) is 15.0 Å². The van der Waals surface area contributed by atoms with Crippen molar-refractivity contribution in [1.29, 1.82) is 0 Å². The molecule has 0 aliphatic carbocycles. The number of nitrogens with two attached hydrogens (primary N) is 1. The standard InChI is InChI=1S/C12H19N2O4P/c1-4-17-11(15)12(3,13)19(16,18-5-2)10-8-6-7-9-14-10/h6-9H,4-5,13H2,1-3H3. The number of pyridine rings is 1. The molecule has 2 unspecified atom stereocenters. The van der Waals surface area contributed by atoms with Crippen LogP contribution in [-0.4, -0.2) is 29.4 Å². The van der Waals surface area contributed by atoms with Crippen molar-refractivity contribution in [3.05, 3.63) is 24.4 Å². The van der Waals surface area contributed by atoms with E-state index in [9.17, 15) is 9.36 Å². The summed E-state index contributed by atoms with van der Waals surface area (Å²) in [5, 5.41) is -1.77. The lowest BCUT2D eigenvalue weighted by Crippen LogP contribution is -2.49. The quantitative estimate of drug-likeness (QED) is 0.625. The summed E-state index contributed by atoms with van der Waals surface area (Å²) in [6.07, 6.45) is 1.47. The van der Waals surface area contributed by atoms with E-state index in [0.717, 1.165) is 0 Å². The molecule has 19 heavy (non-hydrogen) atoms. The lowest BCUT2D eigenvalue weighted by Gasteiger charge is -2.30. The molecule has 0 radical (unpaired) electrons. The molecular formula is C12H19N2O4P. The van der Waals surface area contributed by atoms with Crippen LogP contribution in [0.3, 0.4) is 0 Å². The van der Waals surface area contributed by atoms with Gasteiger partial charge in [-0.2, -0.15) is 0 Å². The van der Waals surface area contributed by atoms with Crippen LogP contribution < -0.4 is 11.2 Å². The molecule has 0 aliphatic heterocycles. The van der Waals surface area contributed by atoms with Crippen LogP contribution in [0, 0.1) is 0 Å². The van der Waals surface area contributed by atoms with Crippen LogP contribution in [0.2, 0.25) is 0 Å². The summed E-state index contributed by atoms with van der Waals surface area (Å²) >= 11 is 0. The van der Waals surface area contributed by atoms with E-state index >= 15 is 0 Å². The molecule has 6 nitrogen and oxygen atoms in total. The van der Waals surface area contributed by atoms with Gasteiger partial charge in [-0.05, 0) is 32.9 Å². The Hall–Kier alpha value is -1.23. The molecule has 0 fully saturated rings. The number of rotatable bonds is 6. The average molecular weight is 286 g/mol. The Bertz CT molecular complexity index is 476. The topological polar surface area (TPSA) is 91.5 Å². The van der Waals surface area contributed by atoms with Gasteiger partial charge in [-0.25, -0.2) is 4.79 Å². The van der Waals surface area contributed by atoms with E-state index < -0.39 is 18.6 Å². The summed E-state index contributed by atoms with van der Waals surface area (Å²) in [6, 6.07) is 4.87. The molecular weight excluding hydrogens is 267 g/mol. The summed E-state index contributed by atoms with van der Waals surface area (Å²) in [5.74, 6) is -0.766. The maximum absolute atomic E-state index is 13.0. The molecule has 0 amide bonds. The molecule has 0 spiro atoms. The molecule has 1 heterocycles. The first-order valence-corrected chi connectivity index (χ1v) is 7.65. The summed E-state index contributed by atoms with van der Waals surface area (Å²) in [4.78, 5) is 15.9. The third-order valence-electron chi connectivity index (χ3n) is 2.56. The predicted molar refractivity (Wildman–Crippen MR) is 72.3 cm³/mol. The van der Waals surface area contributed by atoms with Gasteiger partial charge < -0.3 is 15.0 Å². The molecule has 106 valence electrons. The van der Waals surface area contributed by atoms with Gasteiger partial charge in [-0.15, -0.1) is 0 Å². The number of carbonyl (C=O) groups is 1. The van der Waals surface area contributed by atoms with Gasteiger partial charge in [0, 0.05) is 6.20 Å². The first-order valence-electron chi connectivity index (χ1n) is 6.02. The van der Waals surface area contributed by atoms with Crippen LogP contribution in [0.25, 0.3) is 0 Å². The van der Waals surface area contributed by atoms with Crippen LogP contribution in [0.15, 0.2) is 24.4 Å². The van der Waals surface area contributed by atoms with Crippen molar-refractivity contribution < 1.29 is 18.6 Å². The van der Waals surface area contributed by atoms with E-state index in [-0.39, 0.29) is 18.6 Å². The van der Waals surface area contributed by atoms with E-state index in [1.54, 1.807) is 26.0 Å². The molecule has 7 heteroatoms. The zero-order valence-corrected chi connectivity index (χ0v) is 12.2. The van der Waals surface area contributed by atoms with Crippen molar-refractivity contribution in [3.8, 4) is 0 Å². The normalized spacial score (nSPS) is 17.3. The van der Waals surface area contributed by atoms with Gasteiger partial charge in [-0.3, -0.25) is 9.55 Å². The number of ether oxygens (including phenoxy) is 1. The van der Waals surface area contributed by atoms with Gasteiger partial charge in [0.1, 0.15) is 5.44 Å². The SMILES string of the molecule is CCOC(=O)C(C)(N)P(=O)(OCC)c1ccccn1. The Kier molecular flexibility index (Phi) is 5.23. The van der Waals surface area contributed by atoms with Crippen molar-refractivity contribution in [3.63, 3.8) is 0 Å². The number of nitrogens with zero attached hydrogens (tertiary/aromatic N) is 1. The third kappa shape index (κ3) is 3.03. The minimum Gasteiger partial charge on any atom is -0.464 e. The van der Waals surface area contributed by atoms with E-state index in [0.29, 0.717) is 0 Å². The van der Waals surface area contributed by atoms with Crippen LogP contribution in [0.5, 0.6) is 0 Å². The largest absolute Gasteiger partial charge is 0.464 e. The van der Waals surface area contributed by atoms with Gasteiger partial charge in [0.25, 0.3) is 7.37 Å². The summed E-state index contributed by atoms with van der Waals surface area (Å²) < 4.78 is 23.2. The van der Waals surface area contributed by atoms with Gasteiger partial charge in [0.2, 0.25) is 0 Å². The highest BCUT2D eigenvalue weighted by molar-refractivity contribution is 7.69. The molecule has 1 aromatic heterocycles. The molecule has 0 aliphatic rings. The first-order chi connectivity index (χ1) is 8.90. The predicted octanol–water partition coefficient (Wildman–Crippen LogP) is 1.26. The van der Waals surface area contributed by atoms with Gasteiger partial charge in [-0.1, -0.05) is 6.07 Å². The van der Waals surface area contributed by atoms with E-state index in [1.165, 1.54) is 19.2 Å². The highest BCUT2D eigenvalue weighted by Crippen LogP contribution is 2.55. The second kappa shape index (κ2) is 6.28. The van der Waals surface area contributed by atoms with Crippen molar-refractivity contribution >= 4 is 18.8 Å². The molecule has 0 saturated heterocycles. The fourth-order valence-corrected chi connectivity index (χ4v) is 3.59. The smallest absolute Gasteiger partial charge is 0.336 e. The maximum Gasteiger partial charge on any atom is 0.336 e. The zero-order chi connectivity index (χ0) is 14.5. The summed E-state index contributed by atoms with van der Waals surface area (Å²) in [5.41, 5.74) is 6.10. The molecule has 2 atom stereocenters. The average Bonchev–Trinajstić information content (AvgIpc) is 2.40. The lowest BCUT2D eigenvalue weighted by molar-refractivity contribution is -0.146.